The minimum Gasteiger partial charge on any atom is -0.348 e. The highest BCUT2D eigenvalue weighted by atomic mass is 16.2. The Balaban J connectivity index is 1.54. The summed E-state index contributed by atoms with van der Waals surface area (Å²) in [5.74, 6) is 0.687. The largest absolute Gasteiger partial charge is 0.348 e. The lowest BCUT2D eigenvalue weighted by Crippen LogP contribution is -2.51. The highest BCUT2D eigenvalue weighted by Gasteiger charge is 2.27. The Morgan fingerprint density at radius 2 is 1.52 bits per heavy atom. The van der Waals surface area contributed by atoms with Crippen molar-refractivity contribution < 1.29 is 9.59 Å². The fraction of sp³-hybridized carbons (Fsp3) is 0.304. The first-order chi connectivity index (χ1) is 15.0. The van der Waals surface area contributed by atoms with Crippen LogP contribution in [0, 0.1) is 0 Å². The maximum atomic E-state index is 13.2. The van der Waals surface area contributed by atoms with E-state index in [9.17, 15) is 9.59 Å². The number of benzene rings is 2. The zero-order valence-corrected chi connectivity index (χ0v) is 17.8. The predicted octanol–water partition coefficient (Wildman–Crippen LogP) is 1.78. The summed E-state index contributed by atoms with van der Waals surface area (Å²) in [6.07, 6.45) is 0. The molecule has 0 bridgehead atoms. The third-order valence-corrected chi connectivity index (χ3v) is 5.35. The van der Waals surface area contributed by atoms with E-state index in [0.29, 0.717) is 38.5 Å². The molecule has 8 nitrogen and oxygen atoms in total. The van der Waals surface area contributed by atoms with Gasteiger partial charge in [-0.25, -0.2) is 9.67 Å². The molecule has 0 aliphatic carbocycles. The number of likely N-dealkylation sites (N-methyl/N-ethyl adjacent to an activating group) is 1. The van der Waals surface area contributed by atoms with Gasteiger partial charge in [-0.1, -0.05) is 48.5 Å². The minimum atomic E-state index is -0.189. The topological polar surface area (TPSA) is 74.6 Å². The van der Waals surface area contributed by atoms with E-state index in [4.69, 9.17) is 0 Å². The van der Waals surface area contributed by atoms with Crippen molar-refractivity contribution in [2.75, 3.05) is 46.8 Å². The number of hydrogen-bond donors (Lipinski definition) is 0. The van der Waals surface area contributed by atoms with Crippen LogP contribution < -0.4 is 0 Å². The lowest BCUT2D eigenvalue weighted by atomic mass is 10.2. The van der Waals surface area contributed by atoms with Crippen LogP contribution in [0.2, 0.25) is 0 Å². The predicted molar refractivity (Wildman–Crippen MR) is 118 cm³/mol. The fourth-order valence-corrected chi connectivity index (χ4v) is 3.51. The molecule has 2 heterocycles. The Morgan fingerprint density at radius 3 is 2.13 bits per heavy atom. The number of carbonyl (C=O) groups is 2. The molecule has 1 aromatic heterocycles. The van der Waals surface area contributed by atoms with Crippen LogP contribution in [0.4, 0.5) is 0 Å². The molecule has 4 rings (SSSR count). The molecule has 31 heavy (non-hydrogen) atoms. The highest BCUT2D eigenvalue weighted by molar-refractivity contribution is 5.91. The van der Waals surface area contributed by atoms with Gasteiger partial charge in [0.1, 0.15) is 0 Å². The number of piperazine rings is 1. The summed E-state index contributed by atoms with van der Waals surface area (Å²) in [5, 5.41) is 4.56. The molecule has 1 saturated heterocycles. The second-order valence-electron chi connectivity index (χ2n) is 7.73. The zero-order valence-electron chi connectivity index (χ0n) is 17.8. The fourth-order valence-electron chi connectivity index (χ4n) is 3.51. The molecular weight excluding hydrogens is 392 g/mol. The number of rotatable bonds is 5. The van der Waals surface area contributed by atoms with Gasteiger partial charge in [-0.15, -0.1) is 5.10 Å². The van der Waals surface area contributed by atoms with Crippen LogP contribution in [0.5, 0.6) is 0 Å². The van der Waals surface area contributed by atoms with Gasteiger partial charge in [0, 0.05) is 45.8 Å². The lowest BCUT2D eigenvalue weighted by Gasteiger charge is -2.34. The van der Waals surface area contributed by atoms with Crippen LogP contribution in [-0.4, -0.2) is 88.1 Å². The van der Waals surface area contributed by atoms with Gasteiger partial charge in [0.05, 0.1) is 12.2 Å². The van der Waals surface area contributed by atoms with Crippen LogP contribution >= 0.6 is 0 Å². The average molecular weight is 419 g/mol. The van der Waals surface area contributed by atoms with Gasteiger partial charge >= 0.3 is 0 Å². The Hall–Kier alpha value is -3.52. The standard InChI is InChI=1S/C23H26N6O2/c1-26(2)20(30)17-27-13-15-28(16-14-27)23(31)21-24-22(18-9-5-3-6-10-18)29(25-21)19-11-7-4-8-12-19/h3-12H,13-17H2,1-2H3. The number of hydrogen-bond acceptors (Lipinski definition) is 5. The molecule has 0 radical (unpaired) electrons. The van der Waals surface area contributed by atoms with Gasteiger partial charge in [0.2, 0.25) is 11.7 Å². The summed E-state index contributed by atoms with van der Waals surface area (Å²) in [6.45, 7) is 2.75. The van der Waals surface area contributed by atoms with Gasteiger partial charge < -0.3 is 9.80 Å². The van der Waals surface area contributed by atoms with Crippen molar-refractivity contribution in [2.45, 2.75) is 0 Å². The van der Waals surface area contributed by atoms with E-state index in [2.05, 4.69) is 15.0 Å². The van der Waals surface area contributed by atoms with E-state index in [-0.39, 0.29) is 17.6 Å². The molecule has 0 saturated carbocycles. The average Bonchev–Trinajstić information content (AvgIpc) is 3.26. The summed E-state index contributed by atoms with van der Waals surface area (Å²) in [5.41, 5.74) is 1.74. The first kappa shape index (κ1) is 20.7. The quantitative estimate of drug-likeness (QED) is 0.632. The monoisotopic (exact) mass is 418 g/mol. The smallest absolute Gasteiger partial charge is 0.293 e. The molecule has 0 unspecified atom stereocenters. The van der Waals surface area contributed by atoms with Gasteiger partial charge in [0.25, 0.3) is 5.91 Å². The van der Waals surface area contributed by atoms with Crippen LogP contribution in [-0.2, 0) is 4.79 Å². The number of aromatic nitrogens is 3. The lowest BCUT2D eigenvalue weighted by molar-refractivity contribution is -0.130. The number of nitrogens with zero attached hydrogens (tertiary/aromatic N) is 6. The Labute approximate surface area is 181 Å². The van der Waals surface area contributed by atoms with Crippen molar-refractivity contribution in [1.82, 2.24) is 29.5 Å². The maximum Gasteiger partial charge on any atom is 0.293 e. The highest BCUT2D eigenvalue weighted by Crippen LogP contribution is 2.21. The molecule has 1 aliphatic rings. The molecule has 0 N–H and O–H groups in total. The molecule has 2 amide bonds. The van der Waals surface area contributed by atoms with E-state index in [1.54, 1.807) is 28.6 Å². The number of carbonyl (C=O) groups excluding carboxylic acids is 2. The molecule has 8 heteroatoms. The molecule has 2 aromatic carbocycles. The Morgan fingerprint density at radius 1 is 0.903 bits per heavy atom. The minimum absolute atomic E-state index is 0.0653. The summed E-state index contributed by atoms with van der Waals surface area (Å²) in [6, 6.07) is 19.4. The summed E-state index contributed by atoms with van der Waals surface area (Å²) < 4.78 is 1.72. The van der Waals surface area contributed by atoms with Gasteiger partial charge in [-0.05, 0) is 12.1 Å². The van der Waals surface area contributed by atoms with Gasteiger partial charge in [-0.2, -0.15) is 0 Å². The number of amides is 2. The van der Waals surface area contributed by atoms with E-state index < -0.39 is 0 Å². The summed E-state index contributed by atoms with van der Waals surface area (Å²) in [7, 11) is 3.50. The zero-order chi connectivity index (χ0) is 21.8. The van der Waals surface area contributed by atoms with Crippen LogP contribution in [0.1, 0.15) is 10.6 Å². The third-order valence-electron chi connectivity index (χ3n) is 5.35. The second-order valence-corrected chi connectivity index (χ2v) is 7.73. The van der Waals surface area contributed by atoms with Crippen LogP contribution in [0.25, 0.3) is 17.1 Å². The van der Waals surface area contributed by atoms with Crippen LogP contribution in [0.3, 0.4) is 0 Å². The SMILES string of the molecule is CN(C)C(=O)CN1CCN(C(=O)c2nc(-c3ccccc3)n(-c3ccccc3)n2)CC1. The maximum absolute atomic E-state index is 13.2. The van der Waals surface area contributed by atoms with Crippen molar-refractivity contribution in [3.05, 3.63) is 66.5 Å². The first-order valence-electron chi connectivity index (χ1n) is 10.3. The van der Waals surface area contributed by atoms with E-state index >= 15 is 0 Å². The molecule has 1 aliphatic heterocycles. The summed E-state index contributed by atoms with van der Waals surface area (Å²) >= 11 is 0. The van der Waals surface area contributed by atoms with Gasteiger partial charge in [-0.3, -0.25) is 14.5 Å². The molecule has 160 valence electrons. The second kappa shape index (κ2) is 9.09. The molecule has 3 aromatic rings. The molecular formula is C23H26N6O2. The third kappa shape index (κ3) is 4.64. The van der Waals surface area contributed by atoms with Crippen molar-refractivity contribution in [1.29, 1.82) is 0 Å². The van der Waals surface area contributed by atoms with Crippen molar-refractivity contribution >= 4 is 11.8 Å². The van der Waals surface area contributed by atoms with Crippen molar-refractivity contribution in [3.8, 4) is 17.1 Å². The normalized spacial score (nSPS) is 14.5. The van der Waals surface area contributed by atoms with Crippen molar-refractivity contribution in [2.24, 2.45) is 0 Å². The molecule has 0 atom stereocenters. The molecule has 1 fully saturated rings. The van der Waals surface area contributed by atoms with E-state index in [1.165, 1.54) is 0 Å². The van der Waals surface area contributed by atoms with Crippen molar-refractivity contribution in [3.63, 3.8) is 0 Å². The van der Waals surface area contributed by atoms with Gasteiger partial charge in [0.15, 0.2) is 5.82 Å². The molecule has 0 spiro atoms. The Kier molecular flexibility index (Phi) is 6.08. The van der Waals surface area contributed by atoms with Crippen LogP contribution in [0.15, 0.2) is 60.7 Å². The first-order valence-corrected chi connectivity index (χ1v) is 10.3. The Bertz CT molecular complexity index is 983. The number of para-hydroxylation sites is 1. The van der Waals surface area contributed by atoms with E-state index in [1.807, 2.05) is 60.7 Å². The van der Waals surface area contributed by atoms with E-state index in [0.717, 1.165) is 11.3 Å². The summed E-state index contributed by atoms with van der Waals surface area (Å²) in [4.78, 5) is 35.1.